The lowest BCUT2D eigenvalue weighted by Gasteiger charge is -2.17. The highest BCUT2D eigenvalue weighted by Crippen LogP contribution is 2.32. The molecule has 1 N–H and O–H groups in total. The number of fused-ring (bicyclic) bond motifs is 1. The summed E-state index contributed by atoms with van der Waals surface area (Å²) in [5, 5.41) is 3.19. The highest BCUT2D eigenvalue weighted by Gasteiger charge is 2.29. The van der Waals surface area contributed by atoms with Gasteiger partial charge in [0.15, 0.2) is 5.69 Å². The second kappa shape index (κ2) is 7.36. The molecule has 9 heteroatoms. The van der Waals surface area contributed by atoms with Gasteiger partial charge in [0, 0.05) is 12.7 Å². The van der Waals surface area contributed by atoms with Crippen LogP contribution in [0.15, 0.2) is 30.5 Å². The van der Waals surface area contributed by atoms with Crippen LogP contribution in [0.4, 0.5) is 10.3 Å². The van der Waals surface area contributed by atoms with Crippen molar-refractivity contribution in [1.29, 1.82) is 0 Å². The Balaban J connectivity index is 1.69. The Bertz CT molecular complexity index is 983. The van der Waals surface area contributed by atoms with E-state index in [4.69, 9.17) is 11.6 Å². The monoisotopic (exact) mass is 405 g/mol. The van der Waals surface area contributed by atoms with E-state index < -0.39 is 6.17 Å². The minimum absolute atomic E-state index is 0.0938. The zero-order valence-electron chi connectivity index (χ0n) is 14.5. The first kappa shape index (κ1) is 18.1. The number of carbonyl (C=O) groups is 1. The highest BCUT2D eigenvalue weighted by molar-refractivity contribution is 7.23. The van der Waals surface area contributed by atoms with Crippen molar-refractivity contribution in [1.82, 2.24) is 19.9 Å². The zero-order chi connectivity index (χ0) is 19.0. The molecule has 0 aliphatic carbocycles. The molecule has 1 amide bonds. The maximum atomic E-state index is 13.5. The molecule has 1 aliphatic heterocycles. The topological polar surface area (TPSA) is 71.0 Å². The maximum Gasteiger partial charge on any atom is 0.274 e. The number of likely N-dealkylation sites (tertiary alicyclic amines) is 1. The molecule has 1 saturated heterocycles. The van der Waals surface area contributed by atoms with Gasteiger partial charge in [-0.2, -0.15) is 0 Å². The Hall–Kier alpha value is -2.32. The van der Waals surface area contributed by atoms with Gasteiger partial charge < -0.3 is 10.2 Å². The standard InChI is InChI=1S/C18H17ClFN5OS/c1-10(12-4-2-3-6-21-12)22-18-23-13-8-14(19)27-16(13)15(24-18)17(26)25-7-5-11(20)9-25/h2-4,6,8,10-11H,5,7,9H2,1H3,(H,22,23,24). The Morgan fingerprint density at radius 1 is 1.44 bits per heavy atom. The fourth-order valence-corrected chi connectivity index (χ4v) is 4.20. The molecular formula is C18H17ClFN5OS. The number of pyridine rings is 1. The molecule has 6 nitrogen and oxygen atoms in total. The second-order valence-corrected chi connectivity index (χ2v) is 8.10. The molecule has 1 aliphatic rings. The summed E-state index contributed by atoms with van der Waals surface area (Å²) in [6.07, 6.45) is 1.08. The number of alkyl halides is 1. The number of aromatic nitrogens is 3. The molecule has 2 atom stereocenters. The van der Waals surface area contributed by atoms with Crippen molar-refractivity contribution in [2.45, 2.75) is 25.6 Å². The Morgan fingerprint density at radius 2 is 2.30 bits per heavy atom. The summed E-state index contributed by atoms with van der Waals surface area (Å²) in [6.45, 7) is 2.42. The first-order chi connectivity index (χ1) is 13.0. The molecular weight excluding hydrogens is 389 g/mol. The maximum absolute atomic E-state index is 13.5. The van der Waals surface area contributed by atoms with Crippen LogP contribution in [0, 0.1) is 0 Å². The quantitative estimate of drug-likeness (QED) is 0.707. The number of rotatable bonds is 4. The van der Waals surface area contributed by atoms with E-state index in [1.165, 1.54) is 16.2 Å². The molecule has 2 unspecified atom stereocenters. The number of anilines is 1. The van der Waals surface area contributed by atoms with Crippen molar-refractivity contribution in [2.24, 2.45) is 0 Å². The molecule has 0 radical (unpaired) electrons. The van der Waals surface area contributed by atoms with Gasteiger partial charge in [-0.3, -0.25) is 9.78 Å². The summed E-state index contributed by atoms with van der Waals surface area (Å²) < 4.78 is 14.7. The van der Waals surface area contributed by atoms with E-state index in [2.05, 4.69) is 20.3 Å². The summed E-state index contributed by atoms with van der Waals surface area (Å²) in [7, 11) is 0. The molecule has 3 aromatic heterocycles. The normalized spacial score (nSPS) is 18.0. The SMILES string of the molecule is CC(Nc1nc(C(=O)N2CCC(F)C2)c2sc(Cl)cc2n1)c1ccccn1. The van der Waals surface area contributed by atoms with Crippen LogP contribution in [0.25, 0.3) is 10.2 Å². The van der Waals surface area contributed by atoms with E-state index in [0.717, 1.165) is 5.69 Å². The lowest BCUT2D eigenvalue weighted by Crippen LogP contribution is -2.30. The van der Waals surface area contributed by atoms with Crippen molar-refractivity contribution in [3.63, 3.8) is 0 Å². The van der Waals surface area contributed by atoms with E-state index in [1.54, 1.807) is 12.3 Å². The molecule has 4 rings (SSSR count). The van der Waals surface area contributed by atoms with Crippen LogP contribution in [-0.4, -0.2) is 45.0 Å². The summed E-state index contributed by atoms with van der Waals surface area (Å²) in [5.41, 5.74) is 1.68. The summed E-state index contributed by atoms with van der Waals surface area (Å²) >= 11 is 7.38. The fraction of sp³-hybridized carbons (Fsp3) is 0.333. The van der Waals surface area contributed by atoms with E-state index in [9.17, 15) is 9.18 Å². The van der Waals surface area contributed by atoms with Crippen LogP contribution < -0.4 is 5.32 Å². The van der Waals surface area contributed by atoms with Gasteiger partial charge in [-0.25, -0.2) is 14.4 Å². The van der Waals surface area contributed by atoms with Crippen LogP contribution in [0.5, 0.6) is 0 Å². The van der Waals surface area contributed by atoms with Gasteiger partial charge in [0.25, 0.3) is 5.91 Å². The molecule has 0 spiro atoms. The van der Waals surface area contributed by atoms with Crippen molar-refractivity contribution >= 4 is 45.0 Å². The van der Waals surface area contributed by atoms with Gasteiger partial charge in [-0.05, 0) is 31.5 Å². The summed E-state index contributed by atoms with van der Waals surface area (Å²) in [5.74, 6) is 0.0177. The number of hydrogen-bond donors (Lipinski definition) is 1. The number of carbonyl (C=O) groups excluding carboxylic acids is 1. The summed E-state index contributed by atoms with van der Waals surface area (Å²) in [4.78, 5) is 27.6. The van der Waals surface area contributed by atoms with E-state index in [0.29, 0.717) is 33.5 Å². The lowest BCUT2D eigenvalue weighted by atomic mass is 10.2. The lowest BCUT2D eigenvalue weighted by molar-refractivity contribution is 0.0779. The fourth-order valence-electron chi connectivity index (χ4n) is 3.06. The van der Waals surface area contributed by atoms with E-state index in [-0.39, 0.29) is 24.2 Å². The molecule has 4 heterocycles. The molecule has 1 fully saturated rings. The third-order valence-electron chi connectivity index (χ3n) is 4.44. The molecule has 140 valence electrons. The highest BCUT2D eigenvalue weighted by atomic mass is 35.5. The Morgan fingerprint density at radius 3 is 3.00 bits per heavy atom. The second-order valence-electron chi connectivity index (χ2n) is 6.42. The number of nitrogens with one attached hydrogen (secondary N) is 1. The molecule has 0 aromatic carbocycles. The predicted octanol–water partition coefficient (Wildman–Crippen LogP) is 4.10. The zero-order valence-corrected chi connectivity index (χ0v) is 16.1. The van der Waals surface area contributed by atoms with Gasteiger partial charge in [0.05, 0.1) is 32.8 Å². The first-order valence-corrected chi connectivity index (χ1v) is 9.78. The number of thiophene rings is 1. The minimum atomic E-state index is -0.986. The number of amides is 1. The van der Waals surface area contributed by atoms with Gasteiger partial charge in [-0.15, -0.1) is 11.3 Å². The molecule has 27 heavy (non-hydrogen) atoms. The van der Waals surface area contributed by atoms with E-state index in [1.807, 2.05) is 25.1 Å². The number of hydrogen-bond acceptors (Lipinski definition) is 6. The van der Waals surface area contributed by atoms with Crippen molar-refractivity contribution in [2.75, 3.05) is 18.4 Å². The number of halogens is 2. The van der Waals surface area contributed by atoms with Crippen LogP contribution >= 0.6 is 22.9 Å². The third kappa shape index (κ3) is 3.72. The van der Waals surface area contributed by atoms with Gasteiger partial charge in [0.2, 0.25) is 5.95 Å². The van der Waals surface area contributed by atoms with Crippen molar-refractivity contribution in [3.8, 4) is 0 Å². The largest absolute Gasteiger partial charge is 0.346 e. The number of nitrogens with zero attached hydrogens (tertiary/aromatic N) is 4. The molecule has 3 aromatic rings. The predicted molar refractivity (Wildman–Crippen MR) is 104 cm³/mol. The van der Waals surface area contributed by atoms with Gasteiger partial charge in [0.1, 0.15) is 6.17 Å². The molecule has 0 saturated carbocycles. The van der Waals surface area contributed by atoms with Crippen LogP contribution in [0.3, 0.4) is 0 Å². The Kier molecular flexibility index (Phi) is 4.92. The van der Waals surface area contributed by atoms with E-state index >= 15 is 0 Å². The first-order valence-electron chi connectivity index (χ1n) is 8.59. The van der Waals surface area contributed by atoms with Crippen LogP contribution in [-0.2, 0) is 0 Å². The van der Waals surface area contributed by atoms with Crippen molar-refractivity contribution < 1.29 is 9.18 Å². The minimum Gasteiger partial charge on any atom is -0.346 e. The van der Waals surface area contributed by atoms with Crippen LogP contribution in [0.1, 0.15) is 35.6 Å². The molecule has 0 bridgehead atoms. The smallest absolute Gasteiger partial charge is 0.274 e. The third-order valence-corrected chi connectivity index (χ3v) is 5.70. The average molecular weight is 406 g/mol. The van der Waals surface area contributed by atoms with Crippen molar-refractivity contribution in [3.05, 3.63) is 46.2 Å². The Labute approximate surface area is 164 Å². The average Bonchev–Trinajstić information content (AvgIpc) is 3.26. The van der Waals surface area contributed by atoms with Gasteiger partial charge in [-0.1, -0.05) is 17.7 Å². The van der Waals surface area contributed by atoms with Gasteiger partial charge >= 0.3 is 0 Å². The van der Waals surface area contributed by atoms with Crippen LogP contribution in [0.2, 0.25) is 4.34 Å². The summed E-state index contributed by atoms with van der Waals surface area (Å²) in [6, 6.07) is 7.20.